The molecule has 1 aromatic rings. The zero-order chi connectivity index (χ0) is 13.8. The highest BCUT2D eigenvalue weighted by molar-refractivity contribution is 6.18. The van der Waals surface area contributed by atoms with Crippen molar-refractivity contribution >= 4 is 23.2 Å². The summed E-state index contributed by atoms with van der Waals surface area (Å²) in [6, 6.07) is 6.68. The van der Waals surface area contributed by atoms with Crippen LogP contribution in [-0.4, -0.2) is 17.8 Å². The van der Waals surface area contributed by atoms with E-state index in [9.17, 15) is 4.79 Å². The van der Waals surface area contributed by atoms with Gasteiger partial charge in [-0.05, 0) is 43.4 Å². The van der Waals surface area contributed by atoms with Crippen LogP contribution >= 0.6 is 11.6 Å². The Hall–Kier alpha value is -1.02. The lowest BCUT2D eigenvalue weighted by molar-refractivity contribution is -0.119. The lowest BCUT2D eigenvalue weighted by atomic mass is 10.1. The Morgan fingerprint density at radius 1 is 1.47 bits per heavy atom. The van der Waals surface area contributed by atoms with Crippen LogP contribution in [0.1, 0.15) is 44.2 Å². The molecule has 0 aromatic heterocycles. The van der Waals surface area contributed by atoms with E-state index in [1.807, 2.05) is 4.90 Å². The number of amides is 1. The van der Waals surface area contributed by atoms with E-state index in [0.29, 0.717) is 12.3 Å². The smallest absolute Gasteiger partial charge is 0.227 e. The molecule has 1 aliphatic heterocycles. The summed E-state index contributed by atoms with van der Waals surface area (Å²) in [6.07, 6.45) is 4.55. The van der Waals surface area contributed by atoms with E-state index in [1.54, 1.807) is 0 Å². The van der Waals surface area contributed by atoms with Crippen molar-refractivity contribution in [2.75, 3.05) is 10.8 Å². The first-order valence-corrected chi connectivity index (χ1v) is 7.70. The molecule has 0 saturated heterocycles. The summed E-state index contributed by atoms with van der Waals surface area (Å²) in [5.74, 6) is 0.909. The SMILES string of the molecule is CCCCC(=O)N1c2ccc(CCCl)cc2CC1C. The minimum atomic E-state index is 0.262. The van der Waals surface area contributed by atoms with E-state index in [-0.39, 0.29) is 11.9 Å². The Bertz CT molecular complexity index is 458. The van der Waals surface area contributed by atoms with Gasteiger partial charge in [0.05, 0.1) is 0 Å². The second-order valence-electron chi connectivity index (χ2n) is 5.32. The number of fused-ring (bicyclic) bond motifs is 1. The van der Waals surface area contributed by atoms with Gasteiger partial charge in [-0.25, -0.2) is 0 Å². The Kier molecular flexibility index (Phi) is 4.87. The first-order valence-electron chi connectivity index (χ1n) is 7.17. The zero-order valence-corrected chi connectivity index (χ0v) is 12.5. The van der Waals surface area contributed by atoms with Crippen molar-refractivity contribution in [3.8, 4) is 0 Å². The molecular weight excluding hydrogens is 258 g/mol. The molecule has 0 spiro atoms. The van der Waals surface area contributed by atoms with Gasteiger partial charge in [0.1, 0.15) is 0 Å². The van der Waals surface area contributed by atoms with Crippen LogP contribution in [0, 0.1) is 0 Å². The quantitative estimate of drug-likeness (QED) is 0.748. The Morgan fingerprint density at radius 2 is 2.26 bits per heavy atom. The lowest BCUT2D eigenvalue weighted by Gasteiger charge is -2.22. The summed E-state index contributed by atoms with van der Waals surface area (Å²) >= 11 is 5.79. The van der Waals surface area contributed by atoms with Gasteiger partial charge >= 0.3 is 0 Å². The Morgan fingerprint density at radius 3 is 2.95 bits per heavy atom. The predicted octanol–water partition coefficient (Wildman–Crippen LogP) is 3.94. The Balaban J connectivity index is 2.19. The summed E-state index contributed by atoms with van der Waals surface area (Å²) in [5.41, 5.74) is 3.66. The third kappa shape index (κ3) is 3.11. The third-order valence-corrected chi connectivity index (χ3v) is 3.94. The van der Waals surface area contributed by atoms with Crippen LogP contribution in [0.2, 0.25) is 0 Å². The second-order valence-corrected chi connectivity index (χ2v) is 5.70. The van der Waals surface area contributed by atoms with E-state index in [0.717, 1.165) is 31.4 Å². The van der Waals surface area contributed by atoms with Gasteiger partial charge in [0.25, 0.3) is 0 Å². The molecule has 19 heavy (non-hydrogen) atoms. The topological polar surface area (TPSA) is 20.3 Å². The highest BCUT2D eigenvalue weighted by atomic mass is 35.5. The lowest BCUT2D eigenvalue weighted by Crippen LogP contribution is -2.35. The molecule has 2 nitrogen and oxygen atoms in total. The van der Waals surface area contributed by atoms with Crippen LogP contribution in [0.3, 0.4) is 0 Å². The molecule has 1 unspecified atom stereocenters. The maximum Gasteiger partial charge on any atom is 0.227 e. The van der Waals surface area contributed by atoms with Gasteiger partial charge in [-0.3, -0.25) is 4.79 Å². The normalized spacial score (nSPS) is 17.6. The number of nitrogens with zero attached hydrogens (tertiary/aromatic N) is 1. The summed E-state index contributed by atoms with van der Waals surface area (Å²) in [6.45, 7) is 4.25. The number of unbranched alkanes of at least 4 members (excludes halogenated alkanes) is 1. The van der Waals surface area contributed by atoms with Gasteiger partial charge in [-0.1, -0.05) is 25.5 Å². The molecule has 0 N–H and O–H groups in total. The van der Waals surface area contributed by atoms with Crippen molar-refractivity contribution in [1.29, 1.82) is 0 Å². The molecule has 0 fully saturated rings. The van der Waals surface area contributed by atoms with E-state index in [4.69, 9.17) is 11.6 Å². The molecule has 0 bridgehead atoms. The second kappa shape index (κ2) is 6.42. The van der Waals surface area contributed by atoms with Gasteiger partial charge < -0.3 is 4.90 Å². The van der Waals surface area contributed by atoms with E-state index in [1.165, 1.54) is 11.1 Å². The van der Waals surface area contributed by atoms with E-state index < -0.39 is 0 Å². The number of benzene rings is 1. The van der Waals surface area contributed by atoms with Crippen LogP contribution in [0.15, 0.2) is 18.2 Å². The number of hydrogen-bond donors (Lipinski definition) is 0. The molecule has 0 saturated carbocycles. The first kappa shape index (κ1) is 14.4. The number of aryl methyl sites for hydroxylation is 1. The summed E-state index contributed by atoms with van der Waals surface area (Å²) in [4.78, 5) is 14.3. The molecule has 0 radical (unpaired) electrons. The Labute approximate surface area is 120 Å². The average molecular weight is 280 g/mol. The molecule has 3 heteroatoms. The monoisotopic (exact) mass is 279 g/mol. The number of carbonyl (C=O) groups excluding carboxylic acids is 1. The van der Waals surface area contributed by atoms with Crippen LogP contribution in [0.5, 0.6) is 0 Å². The van der Waals surface area contributed by atoms with Crippen molar-refractivity contribution in [2.45, 2.75) is 52.0 Å². The van der Waals surface area contributed by atoms with Gasteiger partial charge in [-0.15, -0.1) is 11.6 Å². The van der Waals surface area contributed by atoms with Crippen molar-refractivity contribution in [3.05, 3.63) is 29.3 Å². The van der Waals surface area contributed by atoms with E-state index in [2.05, 4.69) is 32.0 Å². The fourth-order valence-corrected chi connectivity index (χ4v) is 3.00. The van der Waals surface area contributed by atoms with E-state index >= 15 is 0 Å². The van der Waals surface area contributed by atoms with Gasteiger partial charge in [-0.2, -0.15) is 0 Å². The predicted molar refractivity (Wildman–Crippen MR) is 81.0 cm³/mol. The minimum Gasteiger partial charge on any atom is -0.309 e. The molecule has 2 rings (SSSR count). The number of halogens is 1. The minimum absolute atomic E-state index is 0.262. The van der Waals surface area contributed by atoms with Crippen LogP contribution < -0.4 is 4.90 Å². The molecule has 1 atom stereocenters. The summed E-state index contributed by atoms with van der Waals surface area (Å²) in [7, 11) is 0. The van der Waals surface area contributed by atoms with Gasteiger partial charge in [0, 0.05) is 24.0 Å². The van der Waals surface area contributed by atoms with Gasteiger partial charge in [0.2, 0.25) is 5.91 Å². The summed E-state index contributed by atoms with van der Waals surface area (Å²) < 4.78 is 0. The zero-order valence-electron chi connectivity index (χ0n) is 11.8. The van der Waals surface area contributed by atoms with Crippen LogP contribution in [-0.2, 0) is 17.6 Å². The van der Waals surface area contributed by atoms with Crippen molar-refractivity contribution in [1.82, 2.24) is 0 Å². The van der Waals surface area contributed by atoms with Crippen molar-refractivity contribution in [2.24, 2.45) is 0 Å². The molecule has 1 heterocycles. The molecule has 104 valence electrons. The molecular formula is C16H22ClNO. The first-order chi connectivity index (χ1) is 9.17. The number of rotatable bonds is 5. The number of carbonyl (C=O) groups is 1. The standard InChI is InChI=1S/C16H22ClNO/c1-3-4-5-16(19)18-12(2)10-14-11-13(8-9-17)6-7-15(14)18/h6-7,11-12H,3-5,8-10H2,1-2H3. The maximum absolute atomic E-state index is 12.3. The maximum atomic E-state index is 12.3. The van der Waals surface area contributed by atoms with Crippen LogP contribution in [0.4, 0.5) is 5.69 Å². The summed E-state index contributed by atoms with van der Waals surface area (Å²) in [5, 5.41) is 0. The average Bonchev–Trinajstić information content (AvgIpc) is 2.71. The third-order valence-electron chi connectivity index (χ3n) is 3.76. The largest absolute Gasteiger partial charge is 0.309 e. The number of alkyl halides is 1. The highest BCUT2D eigenvalue weighted by Crippen LogP contribution is 2.33. The molecule has 1 amide bonds. The highest BCUT2D eigenvalue weighted by Gasteiger charge is 2.30. The van der Waals surface area contributed by atoms with Crippen molar-refractivity contribution in [3.63, 3.8) is 0 Å². The fraction of sp³-hybridized carbons (Fsp3) is 0.562. The molecule has 1 aromatic carbocycles. The fourth-order valence-electron chi connectivity index (χ4n) is 2.78. The van der Waals surface area contributed by atoms with Crippen molar-refractivity contribution < 1.29 is 4.79 Å². The number of anilines is 1. The van der Waals surface area contributed by atoms with Crippen LogP contribution in [0.25, 0.3) is 0 Å². The molecule has 1 aliphatic rings. The van der Waals surface area contributed by atoms with Gasteiger partial charge in [0.15, 0.2) is 0 Å². The molecule has 0 aliphatic carbocycles. The number of hydrogen-bond acceptors (Lipinski definition) is 1.